The van der Waals surface area contributed by atoms with Crippen LogP contribution in [0.25, 0.3) is 0 Å². The van der Waals surface area contributed by atoms with Gasteiger partial charge in [0, 0.05) is 11.3 Å². The van der Waals surface area contributed by atoms with Crippen LogP contribution in [0, 0.1) is 0 Å². The first-order chi connectivity index (χ1) is 13.1. The molecule has 27 heavy (non-hydrogen) atoms. The van der Waals surface area contributed by atoms with Crippen LogP contribution < -0.4 is 24.4 Å². The lowest BCUT2D eigenvalue weighted by Crippen LogP contribution is -2.34. The maximum atomic E-state index is 12.3. The molecule has 1 atom stereocenters. The lowest BCUT2D eigenvalue weighted by Gasteiger charge is -2.13. The number of hydrogen-bond donors (Lipinski definition) is 1. The van der Waals surface area contributed by atoms with Gasteiger partial charge in [-0.1, -0.05) is 0 Å². The zero-order valence-electron chi connectivity index (χ0n) is 14.6. The highest BCUT2D eigenvalue weighted by Crippen LogP contribution is 2.32. The van der Waals surface area contributed by atoms with Crippen LogP contribution in [-0.2, 0) is 4.74 Å². The molecule has 0 aliphatic carbocycles. The van der Waals surface area contributed by atoms with Gasteiger partial charge in [-0.15, -0.1) is 0 Å². The van der Waals surface area contributed by atoms with Gasteiger partial charge in [0.2, 0.25) is 6.79 Å². The van der Waals surface area contributed by atoms with Crippen LogP contribution in [0.2, 0.25) is 0 Å². The van der Waals surface area contributed by atoms with Gasteiger partial charge in [0.25, 0.3) is 5.91 Å². The second-order valence-corrected chi connectivity index (χ2v) is 6.09. The maximum absolute atomic E-state index is 12.3. The first kappa shape index (κ1) is 17.0. The minimum Gasteiger partial charge on any atom is -0.497 e. The van der Waals surface area contributed by atoms with E-state index in [0.717, 1.165) is 0 Å². The number of carbonyl (C=O) groups excluding carboxylic acids is 2. The second-order valence-electron chi connectivity index (χ2n) is 6.09. The smallest absolute Gasteiger partial charge is 0.414 e. The van der Waals surface area contributed by atoms with E-state index in [-0.39, 0.29) is 19.2 Å². The Balaban J connectivity index is 1.35. The highest BCUT2D eigenvalue weighted by atomic mass is 16.7. The van der Waals surface area contributed by atoms with Crippen molar-refractivity contribution in [3.8, 4) is 17.2 Å². The first-order valence-electron chi connectivity index (χ1n) is 8.44. The summed E-state index contributed by atoms with van der Waals surface area (Å²) in [5, 5.41) is 2.78. The summed E-state index contributed by atoms with van der Waals surface area (Å²) in [7, 11) is 1.58. The molecular weight excluding hydrogens is 352 g/mol. The summed E-state index contributed by atoms with van der Waals surface area (Å²) in [6.45, 7) is 0.720. The quantitative estimate of drug-likeness (QED) is 0.868. The van der Waals surface area contributed by atoms with Crippen molar-refractivity contribution >= 4 is 17.7 Å². The standard InChI is InChI=1S/C19H18N2O6/c1-24-14-5-3-13(4-6-14)21-10-15(27-19(21)23)9-20-18(22)12-2-7-16-17(8-12)26-11-25-16/h2-8,15H,9-11H2,1H3,(H,20,22). The van der Waals surface area contributed by atoms with Gasteiger partial charge >= 0.3 is 6.09 Å². The average Bonchev–Trinajstić information content (AvgIpc) is 3.31. The van der Waals surface area contributed by atoms with Gasteiger partial charge in [-0.2, -0.15) is 0 Å². The number of amides is 2. The fourth-order valence-electron chi connectivity index (χ4n) is 2.95. The topological polar surface area (TPSA) is 86.3 Å². The summed E-state index contributed by atoms with van der Waals surface area (Å²) in [6, 6.07) is 12.1. The Labute approximate surface area is 155 Å². The number of cyclic esters (lactones) is 1. The van der Waals surface area contributed by atoms with Gasteiger partial charge in [0.15, 0.2) is 11.5 Å². The molecule has 8 nitrogen and oxygen atoms in total. The number of anilines is 1. The molecule has 1 saturated heterocycles. The number of fused-ring (bicyclic) bond motifs is 1. The molecule has 1 unspecified atom stereocenters. The molecule has 2 aromatic rings. The highest BCUT2D eigenvalue weighted by molar-refractivity contribution is 5.95. The third-order valence-corrected chi connectivity index (χ3v) is 4.38. The minimum atomic E-state index is -0.442. The van der Waals surface area contributed by atoms with E-state index >= 15 is 0 Å². The van der Waals surface area contributed by atoms with E-state index in [1.165, 1.54) is 4.90 Å². The Hall–Kier alpha value is -3.42. The Morgan fingerprint density at radius 1 is 1.19 bits per heavy atom. The van der Waals surface area contributed by atoms with E-state index in [4.69, 9.17) is 18.9 Å². The molecule has 1 fully saturated rings. The molecular formula is C19H18N2O6. The SMILES string of the molecule is COc1ccc(N2CC(CNC(=O)c3ccc4c(c3)OCO4)OC2=O)cc1. The first-order valence-corrected chi connectivity index (χ1v) is 8.44. The van der Waals surface area contributed by atoms with Crippen molar-refractivity contribution in [2.45, 2.75) is 6.10 Å². The van der Waals surface area contributed by atoms with Crippen LogP contribution in [0.15, 0.2) is 42.5 Å². The van der Waals surface area contributed by atoms with Crippen LogP contribution in [0.4, 0.5) is 10.5 Å². The zero-order chi connectivity index (χ0) is 18.8. The molecule has 1 N–H and O–H groups in total. The summed E-state index contributed by atoms with van der Waals surface area (Å²) < 4.78 is 21.0. The fourth-order valence-corrected chi connectivity index (χ4v) is 2.95. The van der Waals surface area contributed by atoms with E-state index in [0.29, 0.717) is 35.0 Å². The predicted octanol–water partition coefficient (Wildman–Crippen LogP) is 2.18. The van der Waals surface area contributed by atoms with Crippen molar-refractivity contribution in [3.63, 3.8) is 0 Å². The molecule has 0 bridgehead atoms. The number of rotatable bonds is 5. The van der Waals surface area contributed by atoms with Crippen molar-refractivity contribution in [1.29, 1.82) is 0 Å². The molecule has 2 aliphatic heterocycles. The average molecular weight is 370 g/mol. The number of benzene rings is 2. The Morgan fingerprint density at radius 2 is 1.96 bits per heavy atom. The summed E-state index contributed by atoms with van der Waals surface area (Å²) >= 11 is 0. The van der Waals surface area contributed by atoms with Crippen LogP contribution in [0.5, 0.6) is 17.2 Å². The molecule has 140 valence electrons. The number of carbonyl (C=O) groups is 2. The van der Waals surface area contributed by atoms with Gasteiger partial charge in [-0.05, 0) is 42.5 Å². The monoisotopic (exact) mass is 370 g/mol. The summed E-state index contributed by atoms with van der Waals surface area (Å²) in [4.78, 5) is 26.0. The van der Waals surface area contributed by atoms with Crippen LogP contribution >= 0.6 is 0 Å². The summed E-state index contributed by atoms with van der Waals surface area (Å²) in [5.41, 5.74) is 1.17. The zero-order valence-corrected chi connectivity index (χ0v) is 14.6. The van der Waals surface area contributed by atoms with Crippen molar-refractivity contribution in [2.24, 2.45) is 0 Å². The normalized spacial score (nSPS) is 17.6. The van der Waals surface area contributed by atoms with E-state index in [1.54, 1.807) is 49.6 Å². The van der Waals surface area contributed by atoms with Crippen molar-refractivity contribution in [2.75, 3.05) is 31.9 Å². The van der Waals surface area contributed by atoms with Crippen molar-refractivity contribution in [3.05, 3.63) is 48.0 Å². The maximum Gasteiger partial charge on any atom is 0.414 e. The molecule has 0 aromatic heterocycles. The molecule has 8 heteroatoms. The number of ether oxygens (including phenoxy) is 4. The summed E-state index contributed by atoms with van der Waals surface area (Å²) in [5.74, 6) is 1.60. The molecule has 0 spiro atoms. The van der Waals surface area contributed by atoms with E-state index in [9.17, 15) is 9.59 Å². The molecule has 2 aliphatic rings. The van der Waals surface area contributed by atoms with Gasteiger partial charge in [0.1, 0.15) is 11.9 Å². The van der Waals surface area contributed by atoms with Gasteiger partial charge < -0.3 is 24.3 Å². The van der Waals surface area contributed by atoms with Gasteiger partial charge in [0.05, 0.1) is 20.2 Å². The summed E-state index contributed by atoms with van der Waals surface area (Å²) in [6.07, 6.45) is -0.875. The second kappa shape index (κ2) is 7.06. The lowest BCUT2D eigenvalue weighted by molar-refractivity contribution is 0.0915. The fraction of sp³-hybridized carbons (Fsp3) is 0.263. The molecule has 0 radical (unpaired) electrons. The number of nitrogens with one attached hydrogen (secondary N) is 1. The predicted molar refractivity (Wildman–Crippen MR) is 95.5 cm³/mol. The van der Waals surface area contributed by atoms with Gasteiger partial charge in [-0.25, -0.2) is 4.79 Å². The molecule has 2 heterocycles. The van der Waals surface area contributed by atoms with Crippen LogP contribution in [0.3, 0.4) is 0 Å². The van der Waals surface area contributed by atoms with E-state index in [1.807, 2.05) is 0 Å². The largest absolute Gasteiger partial charge is 0.497 e. The third kappa shape index (κ3) is 3.46. The molecule has 4 rings (SSSR count). The Bertz CT molecular complexity index is 867. The Morgan fingerprint density at radius 3 is 2.74 bits per heavy atom. The van der Waals surface area contributed by atoms with Crippen molar-refractivity contribution < 1.29 is 28.5 Å². The third-order valence-electron chi connectivity index (χ3n) is 4.38. The van der Waals surface area contributed by atoms with Gasteiger partial charge in [-0.3, -0.25) is 9.69 Å². The molecule has 0 saturated carbocycles. The molecule has 2 aromatic carbocycles. The van der Waals surface area contributed by atoms with Crippen LogP contribution in [0.1, 0.15) is 10.4 Å². The lowest BCUT2D eigenvalue weighted by atomic mass is 10.2. The van der Waals surface area contributed by atoms with Crippen molar-refractivity contribution in [1.82, 2.24) is 5.32 Å². The van der Waals surface area contributed by atoms with Crippen LogP contribution in [-0.4, -0.2) is 45.1 Å². The van der Waals surface area contributed by atoms with E-state index in [2.05, 4.69) is 5.32 Å². The van der Waals surface area contributed by atoms with E-state index < -0.39 is 12.2 Å². The minimum absolute atomic E-state index is 0.152. The number of nitrogens with zero attached hydrogens (tertiary/aromatic N) is 1. The molecule has 2 amide bonds. The number of hydrogen-bond acceptors (Lipinski definition) is 6. The highest BCUT2D eigenvalue weighted by Gasteiger charge is 2.32. The number of methoxy groups -OCH3 is 1. The Kier molecular flexibility index (Phi) is 4.45.